The molecule has 0 radical (unpaired) electrons. The van der Waals surface area contributed by atoms with E-state index < -0.39 is 5.97 Å². The Balaban J connectivity index is 1.58. The number of hydrogen-bond acceptors (Lipinski definition) is 4. The van der Waals surface area contributed by atoms with E-state index in [9.17, 15) is 9.59 Å². The van der Waals surface area contributed by atoms with Crippen molar-refractivity contribution in [3.8, 4) is 0 Å². The number of carbonyl (C=O) groups excluding carboxylic acids is 1. The highest BCUT2D eigenvalue weighted by atomic mass is 16.4. The van der Waals surface area contributed by atoms with Gasteiger partial charge in [0.25, 0.3) is 0 Å². The molecule has 0 unspecified atom stereocenters. The predicted molar refractivity (Wildman–Crippen MR) is 92.5 cm³/mol. The van der Waals surface area contributed by atoms with E-state index in [-0.39, 0.29) is 17.5 Å². The van der Waals surface area contributed by atoms with Crippen molar-refractivity contribution < 1.29 is 14.7 Å². The molecule has 2 heterocycles. The number of aromatic nitrogens is 2. The van der Waals surface area contributed by atoms with Crippen LogP contribution in [0.4, 0.5) is 5.82 Å². The first-order valence-electron chi connectivity index (χ1n) is 7.98. The first-order chi connectivity index (χ1) is 12.1. The Morgan fingerprint density at radius 2 is 1.88 bits per heavy atom. The molecule has 25 heavy (non-hydrogen) atoms. The second-order valence-corrected chi connectivity index (χ2v) is 6.12. The molecule has 1 amide bonds. The zero-order valence-corrected chi connectivity index (χ0v) is 13.3. The molecule has 124 valence electrons. The van der Waals surface area contributed by atoms with Crippen molar-refractivity contribution in [1.82, 2.24) is 9.97 Å². The minimum absolute atomic E-state index is 0.0230. The second-order valence-electron chi connectivity index (χ2n) is 6.12. The largest absolute Gasteiger partial charge is 0.477 e. The predicted octanol–water partition coefficient (Wildman–Crippen LogP) is 2.68. The zero-order chi connectivity index (χ0) is 17.4. The van der Waals surface area contributed by atoms with E-state index in [0.717, 1.165) is 16.5 Å². The molecule has 4 rings (SSSR count). The average molecular weight is 333 g/mol. The molecule has 0 spiro atoms. The maximum atomic E-state index is 12.5. The van der Waals surface area contributed by atoms with Gasteiger partial charge in [-0.25, -0.2) is 14.8 Å². The Kier molecular flexibility index (Phi) is 3.65. The lowest BCUT2D eigenvalue weighted by molar-refractivity contribution is -0.119. The van der Waals surface area contributed by atoms with Crippen LogP contribution in [-0.4, -0.2) is 27.0 Å². The van der Waals surface area contributed by atoms with Crippen LogP contribution >= 0.6 is 0 Å². The van der Waals surface area contributed by atoms with E-state index >= 15 is 0 Å². The number of aromatic carboxylic acids is 1. The van der Waals surface area contributed by atoms with E-state index in [4.69, 9.17) is 5.11 Å². The Hall–Kier alpha value is -3.28. The highest BCUT2D eigenvalue weighted by Gasteiger charge is 2.28. The van der Waals surface area contributed by atoms with Crippen molar-refractivity contribution in [1.29, 1.82) is 0 Å². The average Bonchev–Trinajstić information content (AvgIpc) is 3.03. The van der Waals surface area contributed by atoms with Crippen LogP contribution in [0.2, 0.25) is 0 Å². The first kappa shape index (κ1) is 15.3. The summed E-state index contributed by atoms with van der Waals surface area (Å²) in [7, 11) is 0. The van der Waals surface area contributed by atoms with Gasteiger partial charge in [0, 0.05) is 17.5 Å². The van der Waals surface area contributed by atoms with Gasteiger partial charge >= 0.3 is 5.97 Å². The molecule has 1 aromatic carbocycles. The number of nitrogens with one attached hydrogen (secondary N) is 1. The third-order valence-electron chi connectivity index (χ3n) is 4.45. The summed E-state index contributed by atoms with van der Waals surface area (Å²) in [6, 6.07) is 12.5. The lowest BCUT2D eigenvalue weighted by Gasteiger charge is -2.09. The summed E-state index contributed by atoms with van der Waals surface area (Å²) < 4.78 is 0. The first-order valence-corrected chi connectivity index (χ1v) is 7.98. The lowest BCUT2D eigenvalue weighted by Crippen LogP contribution is -2.23. The fraction of sp³-hybridized carbons (Fsp3) is 0.158. The Labute approximate surface area is 143 Å². The summed E-state index contributed by atoms with van der Waals surface area (Å²) in [4.78, 5) is 31.8. The third-order valence-corrected chi connectivity index (χ3v) is 4.45. The van der Waals surface area contributed by atoms with Gasteiger partial charge in [0.15, 0.2) is 0 Å². The van der Waals surface area contributed by atoms with E-state index in [2.05, 4.69) is 15.3 Å². The van der Waals surface area contributed by atoms with Gasteiger partial charge < -0.3 is 10.4 Å². The van der Waals surface area contributed by atoms with Crippen LogP contribution in [0.1, 0.15) is 21.6 Å². The number of benzene rings is 1. The van der Waals surface area contributed by atoms with Gasteiger partial charge in [-0.05, 0) is 54.3 Å². The number of carboxylic acid groups (broad SMARTS) is 1. The second kappa shape index (κ2) is 5.98. The highest BCUT2D eigenvalue weighted by molar-refractivity contribution is 5.93. The number of carboxylic acids is 1. The van der Waals surface area contributed by atoms with Crippen molar-refractivity contribution in [2.24, 2.45) is 5.92 Å². The Morgan fingerprint density at radius 1 is 1.08 bits per heavy atom. The maximum absolute atomic E-state index is 12.5. The minimum Gasteiger partial charge on any atom is -0.477 e. The fourth-order valence-electron chi connectivity index (χ4n) is 3.21. The van der Waals surface area contributed by atoms with Crippen LogP contribution in [-0.2, 0) is 17.6 Å². The maximum Gasteiger partial charge on any atom is 0.354 e. The normalized spacial score (nSPS) is 15.8. The Bertz CT molecular complexity index is 986. The zero-order valence-electron chi connectivity index (χ0n) is 13.3. The molecule has 0 saturated carbocycles. The van der Waals surface area contributed by atoms with Gasteiger partial charge in [-0.2, -0.15) is 0 Å². The molecule has 1 atom stereocenters. The number of pyridine rings is 2. The van der Waals surface area contributed by atoms with E-state index in [0.29, 0.717) is 24.2 Å². The van der Waals surface area contributed by atoms with Gasteiger partial charge in [0.05, 0.1) is 5.52 Å². The molecule has 2 N–H and O–H groups in total. The number of carbonyl (C=O) groups is 2. The molecular formula is C19H15N3O3. The molecule has 6 nitrogen and oxygen atoms in total. The SMILES string of the molecule is O=C(O)c1ccc2cc3c(cc2n1)C[C@@H](C(=O)Nc1ccccn1)C3. The number of amides is 1. The topological polar surface area (TPSA) is 92.2 Å². The van der Waals surface area contributed by atoms with Crippen LogP contribution in [0.5, 0.6) is 0 Å². The number of rotatable bonds is 3. The van der Waals surface area contributed by atoms with Crippen molar-refractivity contribution in [3.63, 3.8) is 0 Å². The van der Waals surface area contributed by atoms with Crippen molar-refractivity contribution in [3.05, 3.63) is 65.5 Å². The molecule has 1 aliphatic carbocycles. The fourth-order valence-corrected chi connectivity index (χ4v) is 3.21. The standard InChI is InChI=1S/C19H15N3O3/c23-18(22-17-3-1-2-6-20-17)14-8-12-7-11-4-5-15(19(24)25)21-16(11)10-13(12)9-14/h1-7,10,14H,8-9H2,(H,24,25)(H,20,22,23)/t14-/m0/s1. The number of hydrogen-bond donors (Lipinski definition) is 2. The van der Waals surface area contributed by atoms with Crippen LogP contribution in [0.3, 0.4) is 0 Å². The number of nitrogens with zero attached hydrogens (tertiary/aromatic N) is 2. The van der Waals surface area contributed by atoms with Crippen molar-refractivity contribution in [2.75, 3.05) is 5.32 Å². The quantitative estimate of drug-likeness (QED) is 0.769. The summed E-state index contributed by atoms with van der Waals surface area (Å²) in [5.74, 6) is -0.720. The van der Waals surface area contributed by atoms with Crippen LogP contribution in [0, 0.1) is 5.92 Å². The summed E-state index contributed by atoms with van der Waals surface area (Å²) in [6.45, 7) is 0. The van der Waals surface area contributed by atoms with E-state index in [1.54, 1.807) is 24.4 Å². The molecule has 0 saturated heterocycles. The minimum atomic E-state index is -1.05. The lowest BCUT2D eigenvalue weighted by atomic mass is 10.1. The van der Waals surface area contributed by atoms with Crippen molar-refractivity contribution in [2.45, 2.75) is 12.8 Å². The molecule has 3 aromatic rings. The van der Waals surface area contributed by atoms with Gasteiger partial charge in [-0.1, -0.05) is 12.1 Å². The molecule has 0 bridgehead atoms. The van der Waals surface area contributed by atoms with E-state index in [1.807, 2.05) is 18.2 Å². The van der Waals surface area contributed by atoms with Gasteiger partial charge in [0.2, 0.25) is 5.91 Å². The Morgan fingerprint density at radius 3 is 2.60 bits per heavy atom. The van der Waals surface area contributed by atoms with Crippen molar-refractivity contribution >= 4 is 28.6 Å². The molecule has 0 fully saturated rings. The van der Waals surface area contributed by atoms with Crippen LogP contribution in [0.15, 0.2) is 48.7 Å². The van der Waals surface area contributed by atoms with Crippen LogP contribution in [0.25, 0.3) is 10.9 Å². The molecule has 0 aliphatic heterocycles. The summed E-state index contributed by atoms with van der Waals surface area (Å²) in [6.07, 6.45) is 2.91. The molecule has 6 heteroatoms. The molecule has 2 aromatic heterocycles. The summed E-state index contributed by atoms with van der Waals surface area (Å²) in [5, 5.41) is 12.8. The number of fused-ring (bicyclic) bond motifs is 2. The van der Waals surface area contributed by atoms with Gasteiger partial charge in [-0.3, -0.25) is 4.79 Å². The van der Waals surface area contributed by atoms with Gasteiger partial charge in [-0.15, -0.1) is 0 Å². The monoisotopic (exact) mass is 333 g/mol. The van der Waals surface area contributed by atoms with Crippen LogP contribution < -0.4 is 5.32 Å². The molecule has 1 aliphatic rings. The highest BCUT2D eigenvalue weighted by Crippen LogP contribution is 2.31. The smallest absolute Gasteiger partial charge is 0.354 e. The van der Waals surface area contributed by atoms with E-state index in [1.165, 1.54) is 6.07 Å². The third kappa shape index (κ3) is 2.94. The summed E-state index contributed by atoms with van der Waals surface area (Å²) in [5.41, 5.74) is 2.82. The van der Waals surface area contributed by atoms with Gasteiger partial charge in [0.1, 0.15) is 11.5 Å². The summed E-state index contributed by atoms with van der Waals surface area (Å²) >= 11 is 0. The number of anilines is 1. The molecular weight excluding hydrogens is 318 g/mol.